The number of nitrogens with zero attached hydrogens (tertiary/aromatic N) is 4. The van der Waals surface area contributed by atoms with Crippen LogP contribution in [-0.4, -0.2) is 59.5 Å². The summed E-state index contributed by atoms with van der Waals surface area (Å²) in [6.07, 6.45) is 5.77. The van der Waals surface area contributed by atoms with Gasteiger partial charge in [-0.2, -0.15) is 9.40 Å². The molecule has 0 spiro atoms. The number of carbonyl (C=O) groups is 1. The van der Waals surface area contributed by atoms with Gasteiger partial charge < -0.3 is 10.1 Å². The first-order valence-electron chi connectivity index (χ1n) is 12.2. The van der Waals surface area contributed by atoms with Gasteiger partial charge in [0, 0.05) is 30.5 Å². The Morgan fingerprint density at radius 3 is 2.49 bits per heavy atom. The van der Waals surface area contributed by atoms with Crippen LogP contribution >= 0.6 is 0 Å². The van der Waals surface area contributed by atoms with E-state index in [-0.39, 0.29) is 28.3 Å². The molecule has 1 saturated heterocycles. The standard InChI is InChI=1S/C25H31N5O4S/c1-16-14-17(2)30-24(26-16)22(23(28-30)25(31)27-19-8-4-5-9-19)18-10-11-20(34-3)21(15-18)35(32,33)29-12-6-7-13-29/h10-11,14-15,19H,4-9,12-13H2,1-3H3,(H,27,31). The van der Waals surface area contributed by atoms with E-state index in [9.17, 15) is 13.2 Å². The van der Waals surface area contributed by atoms with E-state index < -0.39 is 10.0 Å². The zero-order valence-corrected chi connectivity index (χ0v) is 21.2. The average molecular weight is 498 g/mol. The highest BCUT2D eigenvalue weighted by molar-refractivity contribution is 7.89. The summed E-state index contributed by atoms with van der Waals surface area (Å²) in [6, 6.07) is 7.03. The molecule has 2 aliphatic rings. The van der Waals surface area contributed by atoms with E-state index in [0.29, 0.717) is 29.9 Å². The molecule has 35 heavy (non-hydrogen) atoms. The van der Waals surface area contributed by atoms with Crippen molar-refractivity contribution in [1.82, 2.24) is 24.2 Å². The number of fused-ring (bicyclic) bond motifs is 1. The maximum Gasteiger partial charge on any atom is 0.272 e. The van der Waals surface area contributed by atoms with Crippen molar-refractivity contribution in [1.29, 1.82) is 0 Å². The second-order valence-electron chi connectivity index (χ2n) is 9.43. The molecule has 0 radical (unpaired) electrons. The molecular weight excluding hydrogens is 466 g/mol. The minimum Gasteiger partial charge on any atom is -0.495 e. The summed E-state index contributed by atoms with van der Waals surface area (Å²) in [6.45, 7) is 4.77. The lowest BCUT2D eigenvalue weighted by molar-refractivity contribution is 0.0933. The summed E-state index contributed by atoms with van der Waals surface area (Å²) in [4.78, 5) is 18.2. The van der Waals surface area contributed by atoms with E-state index in [1.807, 2.05) is 19.9 Å². The number of nitrogens with one attached hydrogen (secondary N) is 1. The molecule has 1 saturated carbocycles. The van der Waals surface area contributed by atoms with Gasteiger partial charge >= 0.3 is 0 Å². The van der Waals surface area contributed by atoms with Crippen molar-refractivity contribution in [3.05, 3.63) is 41.3 Å². The van der Waals surface area contributed by atoms with Gasteiger partial charge in [-0.1, -0.05) is 18.9 Å². The smallest absolute Gasteiger partial charge is 0.272 e. The molecule has 2 fully saturated rings. The van der Waals surface area contributed by atoms with Crippen molar-refractivity contribution in [3.8, 4) is 16.9 Å². The normalized spacial score (nSPS) is 17.3. The molecule has 1 aliphatic heterocycles. The van der Waals surface area contributed by atoms with Crippen LogP contribution < -0.4 is 10.1 Å². The number of ether oxygens (including phenoxy) is 1. The molecule has 9 nitrogen and oxygen atoms in total. The van der Waals surface area contributed by atoms with Gasteiger partial charge in [-0.05, 0) is 63.3 Å². The molecule has 3 heterocycles. The number of hydrogen-bond donors (Lipinski definition) is 1. The maximum absolute atomic E-state index is 13.5. The number of carbonyl (C=O) groups excluding carboxylic acids is 1. The number of sulfonamides is 1. The summed E-state index contributed by atoms with van der Waals surface area (Å²) in [7, 11) is -2.30. The van der Waals surface area contributed by atoms with Crippen LogP contribution in [0.5, 0.6) is 5.75 Å². The molecule has 2 aromatic heterocycles. The first kappa shape index (κ1) is 23.7. The summed E-state index contributed by atoms with van der Waals surface area (Å²) < 4.78 is 35.6. The van der Waals surface area contributed by atoms with Crippen LogP contribution in [0.25, 0.3) is 16.8 Å². The monoisotopic (exact) mass is 497 g/mol. The van der Waals surface area contributed by atoms with Gasteiger partial charge in [-0.25, -0.2) is 17.9 Å². The van der Waals surface area contributed by atoms with Crippen LogP contribution in [0.4, 0.5) is 0 Å². The van der Waals surface area contributed by atoms with Crippen LogP contribution in [0, 0.1) is 13.8 Å². The summed E-state index contributed by atoms with van der Waals surface area (Å²) in [5, 5.41) is 7.75. The molecule has 3 aromatic rings. The molecule has 10 heteroatoms. The molecule has 1 N–H and O–H groups in total. The third-order valence-corrected chi connectivity index (χ3v) is 8.86. The van der Waals surface area contributed by atoms with Crippen LogP contribution in [0.1, 0.15) is 60.4 Å². The van der Waals surface area contributed by atoms with Gasteiger partial charge in [0.15, 0.2) is 11.3 Å². The molecule has 1 aliphatic carbocycles. The Balaban J connectivity index is 1.69. The number of benzene rings is 1. The second-order valence-corrected chi connectivity index (χ2v) is 11.3. The first-order chi connectivity index (χ1) is 16.8. The molecule has 0 bridgehead atoms. The van der Waals surface area contributed by atoms with Crippen molar-refractivity contribution in [3.63, 3.8) is 0 Å². The number of amides is 1. The fourth-order valence-electron chi connectivity index (χ4n) is 5.17. The molecule has 0 atom stereocenters. The highest BCUT2D eigenvalue weighted by Crippen LogP contribution is 2.36. The Hall–Kier alpha value is -2.98. The number of aromatic nitrogens is 3. The van der Waals surface area contributed by atoms with Crippen molar-refractivity contribution >= 4 is 21.6 Å². The van der Waals surface area contributed by atoms with Crippen molar-refractivity contribution in [2.24, 2.45) is 0 Å². The third-order valence-electron chi connectivity index (χ3n) is 6.94. The van der Waals surface area contributed by atoms with E-state index >= 15 is 0 Å². The molecule has 5 rings (SSSR count). The number of hydrogen-bond acceptors (Lipinski definition) is 6. The Labute approximate surface area is 205 Å². The van der Waals surface area contributed by atoms with Gasteiger partial charge in [0.25, 0.3) is 5.91 Å². The van der Waals surface area contributed by atoms with E-state index in [1.165, 1.54) is 11.4 Å². The Morgan fingerprint density at radius 2 is 1.80 bits per heavy atom. The molecule has 1 amide bonds. The fourth-order valence-corrected chi connectivity index (χ4v) is 6.87. The summed E-state index contributed by atoms with van der Waals surface area (Å²) in [5.74, 6) is 0.00335. The van der Waals surface area contributed by atoms with Gasteiger partial charge in [-0.15, -0.1) is 0 Å². The lowest BCUT2D eigenvalue weighted by Gasteiger charge is -2.18. The van der Waals surface area contributed by atoms with Crippen LogP contribution in [0.2, 0.25) is 0 Å². The van der Waals surface area contributed by atoms with Crippen molar-refractivity contribution < 1.29 is 17.9 Å². The number of rotatable bonds is 6. The summed E-state index contributed by atoms with van der Waals surface area (Å²) in [5.41, 5.74) is 3.48. The predicted octanol–water partition coefficient (Wildman–Crippen LogP) is 3.48. The lowest BCUT2D eigenvalue weighted by atomic mass is 10.0. The first-order valence-corrected chi connectivity index (χ1v) is 13.6. The van der Waals surface area contributed by atoms with Crippen molar-refractivity contribution in [2.75, 3.05) is 20.2 Å². The zero-order valence-electron chi connectivity index (χ0n) is 20.4. The van der Waals surface area contributed by atoms with Crippen LogP contribution in [0.15, 0.2) is 29.2 Å². The summed E-state index contributed by atoms with van der Waals surface area (Å²) >= 11 is 0. The maximum atomic E-state index is 13.5. The van der Waals surface area contributed by atoms with Crippen molar-refractivity contribution in [2.45, 2.75) is 63.3 Å². The molecular formula is C25H31N5O4S. The van der Waals surface area contributed by atoms with Gasteiger partial charge in [-0.3, -0.25) is 4.79 Å². The molecule has 1 aromatic carbocycles. The fraction of sp³-hybridized carbons (Fsp3) is 0.480. The topological polar surface area (TPSA) is 106 Å². The Kier molecular flexibility index (Phi) is 6.27. The Morgan fingerprint density at radius 1 is 1.09 bits per heavy atom. The number of aryl methyl sites for hydroxylation is 2. The van der Waals surface area contributed by atoms with E-state index in [0.717, 1.165) is 49.9 Å². The SMILES string of the molecule is COc1ccc(-c2c(C(=O)NC3CCCC3)nn3c(C)cc(C)nc23)cc1S(=O)(=O)N1CCCC1. The Bertz CT molecular complexity index is 1390. The van der Waals surface area contributed by atoms with E-state index in [4.69, 9.17) is 4.74 Å². The minimum atomic E-state index is -3.76. The average Bonchev–Trinajstić information content (AvgIpc) is 3.59. The highest BCUT2D eigenvalue weighted by atomic mass is 32.2. The van der Waals surface area contributed by atoms with Gasteiger partial charge in [0.1, 0.15) is 10.6 Å². The van der Waals surface area contributed by atoms with E-state index in [2.05, 4.69) is 15.4 Å². The minimum absolute atomic E-state index is 0.0882. The molecule has 0 unspecified atom stereocenters. The largest absolute Gasteiger partial charge is 0.495 e. The highest BCUT2D eigenvalue weighted by Gasteiger charge is 2.32. The van der Waals surface area contributed by atoms with Gasteiger partial charge in [0.2, 0.25) is 10.0 Å². The second kappa shape index (κ2) is 9.23. The predicted molar refractivity (Wildman–Crippen MR) is 132 cm³/mol. The van der Waals surface area contributed by atoms with E-state index in [1.54, 1.807) is 22.7 Å². The zero-order chi connectivity index (χ0) is 24.7. The molecule has 186 valence electrons. The van der Waals surface area contributed by atoms with Gasteiger partial charge in [0.05, 0.1) is 12.7 Å². The lowest BCUT2D eigenvalue weighted by Crippen LogP contribution is -2.33. The van der Waals surface area contributed by atoms with Crippen LogP contribution in [-0.2, 0) is 10.0 Å². The van der Waals surface area contributed by atoms with Crippen LogP contribution in [0.3, 0.4) is 0 Å². The number of methoxy groups -OCH3 is 1. The quantitative estimate of drug-likeness (QED) is 0.559. The third kappa shape index (κ3) is 4.29.